The largest absolute Gasteiger partial charge is 0.392 e. The Kier molecular flexibility index (Phi) is 4.46. The highest BCUT2D eigenvalue weighted by Gasteiger charge is 2.35. The quantitative estimate of drug-likeness (QED) is 0.927. The Hall–Kier alpha value is -0.980. The monoisotopic (exact) mass is 301 g/mol. The normalized spacial score (nSPS) is 20.5. The van der Waals surface area contributed by atoms with Gasteiger partial charge in [-0.2, -0.15) is 4.31 Å². The van der Waals surface area contributed by atoms with Gasteiger partial charge < -0.3 is 5.11 Å². The average Bonchev–Trinajstić information content (AvgIpc) is 2.90. The summed E-state index contributed by atoms with van der Waals surface area (Å²) in [6.07, 6.45) is 2.43. The number of aliphatic hydroxyl groups excluding tert-OH is 1. The number of halogens is 1. The molecule has 0 bridgehead atoms. The van der Waals surface area contributed by atoms with Gasteiger partial charge in [0.15, 0.2) is 0 Å². The van der Waals surface area contributed by atoms with Crippen molar-refractivity contribution in [1.82, 2.24) is 4.31 Å². The van der Waals surface area contributed by atoms with E-state index in [4.69, 9.17) is 5.11 Å². The minimum Gasteiger partial charge on any atom is -0.392 e. The lowest BCUT2D eigenvalue weighted by Gasteiger charge is -2.24. The van der Waals surface area contributed by atoms with Gasteiger partial charge in [-0.25, -0.2) is 12.8 Å². The highest BCUT2D eigenvalue weighted by atomic mass is 32.2. The molecule has 1 aliphatic rings. The van der Waals surface area contributed by atoms with Crippen molar-refractivity contribution >= 4 is 10.0 Å². The summed E-state index contributed by atoms with van der Waals surface area (Å²) in [5.74, 6) is -0.595. The molecule has 0 spiro atoms. The number of benzene rings is 1. The summed E-state index contributed by atoms with van der Waals surface area (Å²) in [4.78, 5) is -0.0260. The van der Waals surface area contributed by atoms with Crippen molar-refractivity contribution < 1.29 is 17.9 Å². The molecular weight excluding hydrogens is 281 g/mol. The molecule has 0 saturated carbocycles. The van der Waals surface area contributed by atoms with Crippen LogP contribution in [0.25, 0.3) is 0 Å². The van der Waals surface area contributed by atoms with Gasteiger partial charge in [-0.3, -0.25) is 0 Å². The predicted molar refractivity (Wildman–Crippen MR) is 74.3 cm³/mol. The molecule has 1 unspecified atom stereocenters. The SMILES string of the molecule is CCC1CCCN1S(=O)(=O)c1cc(CO)cc(F)c1C. The first-order chi connectivity index (χ1) is 9.41. The van der Waals surface area contributed by atoms with Crippen molar-refractivity contribution in [3.8, 4) is 0 Å². The molecule has 0 amide bonds. The van der Waals surface area contributed by atoms with Crippen LogP contribution >= 0.6 is 0 Å². The number of nitrogens with zero attached hydrogens (tertiary/aromatic N) is 1. The van der Waals surface area contributed by atoms with Gasteiger partial charge in [0.25, 0.3) is 0 Å². The van der Waals surface area contributed by atoms with Crippen LogP contribution in [0.1, 0.15) is 37.3 Å². The molecule has 4 nitrogen and oxygen atoms in total. The van der Waals surface area contributed by atoms with E-state index in [1.54, 1.807) is 0 Å². The van der Waals surface area contributed by atoms with Crippen LogP contribution < -0.4 is 0 Å². The molecule has 1 saturated heterocycles. The van der Waals surface area contributed by atoms with Crippen LogP contribution in [0.15, 0.2) is 17.0 Å². The van der Waals surface area contributed by atoms with Gasteiger partial charge in [0, 0.05) is 18.2 Å². The van der Waals surface area contributed by atoms with E-state index in [9.17, 15) is 12.8 Å². The van der Waals surface area contributed by atoms with Gasteiger partial charge in [-0.05, 0) is 43.9 Å². The Bertz CT molecular complexity index is 601. The molecule has 1 aromatic rings. The first-order valence-electron chi connectivity index (χ1n) is 6.83. The second-order valence-electron chi connectivity index (χ2n) is 5.18. The maximum Gasteiger partial charge on any atom is 0.243 e. The molecule has 1 heterocycles. The maximum absolute atomic E-state index is 13.8. The summed E-state index contributed by atoms with van der Waals surface area (Å²) >= 11 is 0. The lowest BCUT2D eigenvalue weighted by atomic mass is 10.1. The summed E-state index contributed by atoms with van der Waals surface area (Å²) < 4.78 is 40.7. The number of rotatable bonds is 4. The Labute approximate surface area is 119 Å². The molecule has 1 N–H and O–H groups in total. The fourth-order valence-electron chi connectivity index (χ4n) is 2.73. The minimum absolute atomic E-state index is 0.0137. The van der Waals surface area contributed by atoms with Crippen LogP contribution in [0.3, 0.4) is 0 Å². The smallest absolute Gasteiger partial charge is 0.243 e. The minimum atomic E-state index is -3.70. The number of hydrogen-bond acceptors (Lipinski definition) is 3. The van der Waals surface area contributed by atoms with Gasteiger partial charge in [-0.1, -0.05) is 6.92 Å². The van der Waals surface area contributed by atoms with Crippen LogP contribution in [-0.4, -0.2) is 30.4 Å². The van der Waals surface area contributed by atoms with Gasteiger partial charge >= 0.3 is 0 Å². The van der Waals surface area contributed by atoms with Crippen molar-refractivity contribution in [3.63, 3.8) is 0 Å². The Morgan fingerprint density at radius 1 is 1.45 bits per heavy atom. The van der Waals surface area contributed by atoms with Crippen LogP contribution in [0.2, 0.25) is 0 Å². The van der Waals surface area contributed by atoms with Gasteiger partial charge in [0.1, 0.15) is 5.82 Å². The molecule has 20 heavy (non-hydrogen) atoms. The second-order valence-corrected chi connectivity index (χ2v) is 7.04. The summed E-state index contributed by atoms with van der Waals surface area (Å²) in [6, 6.07) is 2.54. The zero-order valence-electron chi connectivity index (χ0n) is 11.8. The van der Waals surface area contributed by atoms with Gasteiger partial charge in [0.2, 0.25) is 10.0 Å². The standard InChI is InChI=1S/C14H20FNO3S/c1-3-12-5-4-6-16(12)20(18,19)14-8-11(9-17)7-13(15)10(14)2/h7-8,12,17H,3-6,9H2,1-2H3. The van der Waals surface area contributed by atoms with Crippen molar-refractivity contribution in [2.24, 2.45) is 0 Å². The Morgan fingerprint density at radius 3 is 2.75 bits per heavy atom. The third kappa shape index (κ3) is 2.60. The maximum atomic E-state index is 13.8. The third-order valence-electron chi connectivity index (χ3n) is 3.92. The van der Waals surface area contributed by atoms with Crippen LogP contribution in [0.5, 0.6) is 0 Å². The van der Waals surface area contributed by atoms with Crippen LogP contribution in [-0.2, 0) is 16.6 Å². The lowest BCUT2D eigenvalue weighted by Crippen LogP contribution is -2.35. The molecule has 112 valence electrons. The highest BCUT2D eigenvalue weighted by Crippen LogP contribution is 2.30. The molecule has 6 heteroatoms. The van der Waals surface area contributed by atoms with Crippen molar-refractivity contribution in [1.29, 1.82) is 0 Å². The molecular formula is C14H20FNO3S. The van der Waals surface area contributed by atoms with E-state index in [0.717, 1.165) is 19.3 Å². The molecule has 1 atom stereocenters. The first kappa shape index (κ1) is 15.4. The van der Waals surface area contributed by atoms with E-state index >= 15 is 0 Å². The van der Waals surface area contributed by atoms with Crippen LogP contribution in [0.4, 0.5) is 4.39 Å². The molecule has 1 fully saturated rings. The summed E-state index contributed by atoms with van der Waals surface area (Å²) in [6.45, 7) is 3.51. The third-order valence-corrected chi connectivity index (χ3v) is 6.00. The van der Waals surface area contributed by atoms with E-state index < -0.39 is 15.8 Å². The van der Waals surface area contributed by atoms with E-state index in [-0.39, 0.29) is 28.7 Å². The zero-order valence-corrected chi connectivity index (χ0v) is 12.6. The fourth-order valence-corrected chi connectivity index (χ4v) is 4.78. The summed E-state index contributed by atoms with van der Waals surface area (Å²) in [7, 11) is -3.70. The van der Waals surface area contributed by atoms with Gasteiger partial charge in [0.05, 0.1) is 11.5 Å². The van der Waals surface area contributed by atoms with E-state index in [1.165, 1.54) is 23.4 Å². The van der Waals surface area contributed by atoms with E-state index in [0.29, 0.717) is 6.54 Å². The topological polar surface area (TPSA) is 57.6 Å². The van der Waals surface area contributed by atoms with Gasteiger partial charge in [-0.15, -0.1) is 0 Å². The van der Waals surface area contributed by atoms with Crippen molar-refractivity contribution in [3.05, 3.63) is 29.1 Å². The first-order valence-corrected chi connectivity index (χ1v) is 8.27. The van der Waals surface area contributed by atoms with Crippen LogP contribution in [0, 0.1) is 12.7 Å². The van der Waals surface area contributed by atoms with Crippen molar-refractivity contribution in [2.75, 3.05) is 6.54 Å². The number of aliphatic hydroxyl groups is 1. The van der Waals surface area contributed by atoms with Crippen molar-refractivity contribution in [2.45, 2.75) is 50.7 Å². The second kappa shape index (κ2) is 5.79. The Morgan fingerprint density at radius 2 is 2.15 bits per heavy atom. The lowest BCUT2D eigenvalue weighted by molar-refractivity contribution is 0.280. The molecule has 0 aliphatic carbocycles. The fraction of sp³-hybridized carbons (Fsp3) is 0.571. The summed E-state index contributed by atoms with van der Waals surface area (Å²) in [5.41, 5.74) is 0.392. The molecule has 0 aromatic heterocycles. The highest BCUT2D eigenvalue weighted by molar-refractivity contribution is 7.89. The molecule has 1 aromatic carbocycles. The molecule has 0 radical (unpaired) electrons. The van der Waals surface area contributed by atoms with E-state index in [2.05, 4.69) is 0 Å². The summed E-state index contributed by atoms with van der Waals surface area (Å²) in [5, 5.41) is 9.13. The number of sulfonamides is 1. The average molecular weight is 301 g/mol. The zero-order chi connectivity index (χ0) is 14.9. The predicted octanol–water partition coefficient (Wildman–Crippen LogP) is 2.19. The number of hydrogen-bond donors (Lipinski definition) is 1. The Balaban J connectivity index is 2.51. The van der Waals surface area contributed by atoms with E-state index in [1.807, 2.05) is 6.92 Å². The molecule has 1 aliphatic heterocycles. The molecule has 2 rings (SSSR count).